The van der Waals surface area contributed by atoms with Crippen molar-refractivity contribution in [1.29, 1.82) is 0 Å². The van der Waals surface area contributed by atoms with Gasteiger partial charge in [-0.3, -0.25) is 4.79 Å². The Bertz CT molecular complexity index is 498. The minimum absolute atomic E-state index is 0.0720. The zero-order valence-corrected chi connectivity index (χ0v) is 13.0. The molecule has 0 aromatic heterocycles. The number of methoxy groups -OCH3 is 1. The summed E-state index contributed by atoms with van der Waals surface area (Å²) in [5.41, 5.74) is 0.836. The quantitative estimate of drug-likeness (QED) is 0.849. The Kier molecular flexibility index (Phi) is 5.77. The lowest BCUT2D eigenvalue weighted by Crippen LogP contribution is -2.51. The second kappa shape index (κ2) is 7.79. The van der Waals surface area contributed by atoms with Crippen LogP contribution in [0.1, 0.15) is 18.6 Å². The van der Waals surface area contributed by atoms with Gasteiger partial charge in [-0.2, -0.15) is 0 Å². The smallest absolute Gasteiger partial charge is 0.409 e. The molecule has 1 fully saturated rings. The molecule has 1 heterocycles. The predicted molar refractivity (Wildman–Crippen MR) is 81.4 cm³/mol. The molecule has 6 nitrogen and oxygen atoms in total. The monoisotopic (exact) mass is 306 g/mol. The Morgan fingerprint density at radius 2 is 1.68 bits per heavy atom. The molecule has 2 rings (SSSR count). The van der Waals surface area contributed by atoms with Crippen molar-refractivity contribution in [2.75, 3.05) is 39.9 Å². The summed E-state index contributed by atoms with van der Waals surface area (Å²) >= 11 is 0. The van der Waals surface area contributed by atoms with Crippen molar-refractivity contribution < 1.29 is 19.1 Å². The highest BCUT2D eigenvalue weighted by atomic mass is 16.6. The number of rotatable bonds is 4. The highest BCUT2D eigenvalue weighted by Gasteiger charge is 2.30. The Hall–Kier alpha value is -2.08. The third-order valence-corrected chi connectivity index (χ3v) is 3.68. The number of carbonyl (C=O) groups excluding carboxylic acids is 2. The first-order valence-electron chi connectivity index (χ1n) is 7.45. The van der Waals surface area contributed by atoms with Crippen LogP contribution in [0.4, 0.5) is 4.79 Å². The van der Waals surface area contributed by atoms with Gasteiger partial charge in [0.25, 0.3) is 5.91 Å². The van der Waals surface area contributed by atoms with Crippen molar-refractivity contribution in [3.63, 3.8) is 0 Å². The highest BCUT2D eigenvalue weighted by molar-refractivity contribution is 5.82. The molecule has 120 valence electrons. The zero-order valence-electron chi connectivity index (χ0n) is 13.0. The van der Waals surface area contributed by atoms with E-state index in [0.29, 0.717) is 32.8 Å². The lowest BCUT2D eigenvalue weighted by Gasteiger charge is -2.35. The van der Waals surface area contributed by atoms with E-state index in [9.17, 15) is 9.59 Å². The minimum atomic E-state index is -0.602. The lowest BCUT2D eigenvalue weighted by atomic mass is 10.1. The number of carbonyl (C=O) groups is 2. The van der Waals surface area contributed by atoms with Crippen LogP contribution in [0.15, 0.2) is 30.3 Å². The first kappa shape index (κ1) is 16.3. The zero-order chi connectivity index (χ0) is 15.9. The fourth-order valence-corrected chi connectivity index (χ4v) is 2.50. The SMILES string of the molecule is CCOC(=O)N1CCN(C(=O)C(OC)c2ccccc2)CC1. The summed E-state index contributed by atoms with van der Waals surface area (Å²) in [4.78, 5) is 27.6. The molecule has 0 spiro atoms. The third kappa shape index (κ3) is 3.76. The Labute approximate surface area is 130 Å². The van der Waals surface area contributed by atoms with Crippen LogP contribution in [0.5, 0.6) is 0 Å². The van der Waals surface area contributed by atoms with E-state index in [1.54, 1.807) is 16.7 Å². The molecule has 0 radical (unpaired) electrons. The van der Waals surface area contributed by atoms with E-state index in [4.69, 9.17) is 9.47 Å². The van der Waals surface area contributed by atoms with Crippen molar-refractivity contribution in [2.45, 2.75) is 13.0 Å². The number of hydrogen-bond donors (Lipinski definition) is 0. The first-order valence-corrected chi connectivity index (χ1v) is 7.45. The van der Waals surface area contributed by atoms with Gasteiger partial charge in [-0.25, -0.2) is 4.79 Å². The van der Waals surface area contributed by atoms with Crippen LogP contribution in [0.2, 0.25) is 0 Å². The summed E-state index contributed by atoms with van der Waals surface area (Å²) in [7, 11) is 1.53. The van der Waals surface area contributed by atoms with E-state index >= 15 is 0 Å². The maximum atomic E-state index is 12.6. The fraction of sp³-hybridized carbons (Fsp3) is 0.500. The van der Waals surface area contributed by atoms with Gasteiger partial charge in [-0.05, 0) is 12.5 Å². The maximum Gasteiger partial charge on any atom is 0.409 e. The molecule has 0 bridgehead atoms. The minimum Gasteiger partial charge on any atom is -0.450 e. The molecule has 2 amide bonds. The number of benzene rings is 1. The highest BCUT2D eigenvalue weighted by Crippen LogP contribution is 2.20. The number of piperazine rings is 1. The van der Waals surface area contributed by atoms with Crippen LogP contribution < -0.4 is 0 Å². The van der Waals surface area contributed by atoms with Gasteiger partial charge in [0.1, 0.15) is 0 Å². The van der Waals surface area contributed by atoms with E-state index in [0.717, 1.165) is 5.56 Å². The molecular weight excluding hydrogens is 284 g/mol. The van der Waals surface area contributed by atoms with E-state index < -0.39 is 6.10 Å². The molecule has 1 aromatic carbocycles. The van der Waals surface area contributed by atoms with Crippen LogP contribution in [0.3, 0.4) is 0 Å². The van der Waals surface area contributed by atoms with Gasteiger partial charge in [-0.15, -0.1) is 0 Å². The first-order chi connectivity index (χ1) is 10.7. The van der Waals surface area contributed by atoms with Crippen molar-refractivity contribution in [2.24, 2.45) is 0 Å². The van der Waals surface area contributed by atoms with Crippen LogP contribution in [0.25, 0.3) is 0 Å². The van der Waals surface area contributed by atoms with Gasteiger partial charge < -0.3 is 19.3 Å². The summed E-state index contributed by atoms with van der Waals surface area (Å²) < 4.78 is 10.3. The molecule has 1 saturated heterocycles. The van der Waals surface area contributed by atoms with E-state index in [2.05, 4.69) is 0 Å². The van der Waals surface area contributed by atoms with Crippen molar-refractivity contribution in [3.8, 4) is 0 Å². The molecule has 0 saturated carbocycles. The predicted octanol–water partition coefficient (Wildman–Crippen LogP) is 1.67. The molecule has 0 aliphatic carbocycles. The molecule has 1 atom stereocenters. The van der Waals surface area contributed by atoms with Crippen LogP contribution in [-0.2, 0) is 14.3 Å². The topological polar surface area (TPSA) is 59.1 Å². The summed E-state index contributed by atoms with van der Waals surface area (Å²) in [5.74, 6) is -0.0720. The van der Waals surface area contributed by atoms with Crippen molar-refractivity contribution >= 4 is 12.0 Å². The van der Waals surface area contributed by atoms with E-state index in [1.807, 2.05) is 30.3 Å². The molecule has 1 aliphatic rings. The van der Waals surface area contributed by atoms with Gasteiger partial charge in [0.05, 0.1) is 6.61 Å². The lowest BCUT2D eigenvalue weighted by molar-refractivity contribution is -0.144. The molecule has 1 unspecified atom stereocenters. The summed E-state index contributed by atoms with van der Waals surface area (Å²) in [6.07, 6.45) is -0.920. The number of amides is 2. The Morgan fingerprint density at radius 1 is 1.09 bits per heavy atom. The number of nitrogens with zero attached hydrogens (tertiary/aromatic N) is 2. The normalized spacial score (nSPS) is 16.3. The van der Waals surface area contributed by atoms with Gasteiger partial charge >= 0.3 is 6.09 Å². The number of ether oxygens (including phenoxy) is 2. The summed E-state index contributed by atoms with van der Waals surface area (Å²) in [6.45, 7) is 4.08. The Balaban J connectivity index is 1.95. The average molecular weight is 306 g/mol. The van der Waals surface area contributed by atoms with Crippen LogP contribution in [-0.4, -0.2) is 61.7 Å². The molecule has 6 heteroatoms. The fourth-order valence-electron chi connectivity index (χ4n) is 2.50. The van der Waals surface area contributed by atoms with Crippen molar-refractivity contribution in [3.05, 3.63) is 35.9 Å². The average Bonchev–Trinajstić information content (AvgIpc) is 2.57. The van der Waals surface area contributed by atoms with Gasteiger partial charge in [0.2, 0.25) is 0 Å². The van der Waals surface area contributed by atoms with Gasteiger partial charge in [0.15, 0.2) is 6.10 Å². The molecular formula is C16H22N2O4. The van der Waals surface area contributed by atoms with Gasteiger partial charge in [0, 0.05) is 33.3 Å². The largest absolute Gasteiger partial charge is 0.450 e. The number of hydrogen-bond acceptors (Lipinski definition) is 4. The van der Waals surface area contributed by atoms with Crippen LogP contribution in [0, 0.1) is 0 Å². The second-order valence-corrected chi connectivity index (χ2v) is 5.04. The standard InChI is InChI=1S/C16H22N2O4/c1-3-22-16(20)18-11-9-17(10-12-18)15(19)14(21-2)13-7-5-4-6-8-13/h4-8,14H,3,9-12H2,1-2H3. The van der Waals surface area contributed by atoms with Crippen LogP contribution >= 0.6 is 0 Å². The Morgan fingerprint density at radius 3 is 2.23 bits per heavy atom. The summed E-state index contributed by atoms with van der Waals surface area (Å²) in [6, 6.07) is 9.42. The molecule has 1 aliphatic heterocycles. The molecule has 0 N–H and O–H groups in total. The second-order valence-electron chi connectivity index (χ2n) is 5.04. The van der Waals surface area contributed by atoms with Gasteiger partial charge in [-0.1, -0.05) is 30.3 Å². The third-order valence-electron chi connectivity index (χ3n) is 3.68. The van der Waals surface area contributed by atoms with E-state index in [1.165, 1.54) is 7.11 Å². The molecule has 1 aromatic rings. The van der Waals surface area contributed by atoms with Crippen molar-refractivity contribution in [1.82, 2.24) is 9.80 Å². The maximum absolute atomic E-state index is 12.6. The summed E-state index contributed by atoms with van der Waals surface area (Å²) in [5, 5.41) is 0. The van der Waals surface area contributed by atoms with E-state index in [-0.39, 0.29) is 12.0 Å². The molecule has 22 heavy (non-hydrogen) atoms.